The summed E-state index contributed by atoms with van der Waals surface area (Å²) in [7, 11) is 0. The highest BCUT2D eigenvalue weighted by atomic mass is 16.3. The van der Waals surface area contributed by atoms with E-state index in [-0.39, 0.29) is 11.7 Å². The van der Waals surface area contributed by atoms with Crippen molar-refractivity contribution in [2.45, 2.75) is 20.8 Å². The van der Waals surface area contributed by atoms with Crippen molar-refractivity contribution in [1.29, 1.82) is 0 Å². The fourth-order valence-electron chi connectivity index (χ4n) is 1.83. The summed E-state index contributed by atoms with van der Waals surface area (Å²) >= 11 is 0. The van der Waals surface area contributed by atoms with E-state index in [2.05, 4.69) is 24.1 Å². The number of hydrogen-bond donors (Lipinski definition) is 2. The molecule has 1 aromatic rings. The standard InChI is InChI=1S/C14H22N2O2/c1-4-16(5-2)10-9-15-14(18)12-7-6-8-13(17)11(12)3/h6-8,17H,4-5,9-10H2,1-3H3,(H,15,18). The average Bonchev–Trinajstić information content (AvgIpc) is 2.37. The number of carbonyl (C=O) groups is 1. The summed E-state index contributed by atoms with van der Waals surface area (Å²) in [4.78, 5) is 14.2. The van der Waals surface area contributed by atoms with Gasteiger partial charge in [-0.05, 0) is 32.1 Å². The highest BCUT2D eigenvalue weighted by Gasteiger charge is 2.10. The summed E-state index contributed by atoms with van der Waals surface area (Å²) in [5.41, 5.74) is 1.16. The second kappa shape index (κ2) is 7.01. The van der Waals surface area contributed by atoms with E-state index >= 15 is 0 Å². The molecule has 0 radical (unpaired) electrons. The van der Waals surface area contributed by atoms with Crippen LogP contribution in [0.4, 0.5) is 0 Å². The Labute approximate surface area is 109 Å². The van der Waals surface area contributed by atoms with E-state index in [0.29, 0.717) is 17.7 Å². The van der Waals surface area contributed by atoms with Crippen molar-refractivity contribution in [3.05, 3.63) is 29.3 Å². The number of phenolic OH excluding ortho intramolecular Hbond substituents is 1. The summed E-state index contributed by atoms with van der Waals surface area (Å²) in [6, 6.07) is 4.99. The van der Waals surface area contributed by atoms with Gasteiger partial charge in [-0.1, -0.05) is 19.9 Å². The van der Waals surface area contributed by atoms with Crippen LogP contribution < -0.4 is 5.32 Å². The zero-order valence-corrected chi connectivity index (χ0v) is 11.4. The van der Waals surface area contributed by atoms with Crippen molar-refractivity contribution in [3.8, 4) is 5.75 Å². The lowest BCUT2D eigenvalue weighted by molar-refractivity contribution is 0.0948. The van der Waals surface area contributed by atoms with E-state index in [1.807, 2.05) is 0 Å². The molecule has 0 atom stereocenters. The summed E-state index contributed by atoms with van der Waals surface area (Å²) in [5, 5.41) is 12.4. The molecule has 1 amide bonds. The van der Waals surface area contributed by atoms with Crippen LogP contribution in [0.1, 0.15) is 29.8 Å². The summed E-state index contributed by atoms with van der Waals surface area (Å²) < 4.78 is 0. The first-order chi connectivity index (χ1) is 8.60. The van der Waals surface area contributed by atoms with E-state index in [0.717, 1.165) is 19.6 Å². The van der Waals surface area contributed by atoms with Crippen molar-refractivity contribution in [3.63, 3.8) is 0 Å². The number of benzene rings is 1. The number of phenols is 1. The molecule has 18 heavy (non-hydrogen) atoms. The normalized spacial score (nSPS) is 10.7. The van der Waals surface area contributed by atoms with E-state index in [1.165, 1.54) is 0 Å². The second-order valence-corrected chi connectivity index (χ2v) is 4.23. The minimum absolute atomic E-state index is 0.129. The molecule has 0 aliphatic rings. The molecule has 0 spiro atoms. The summed E-state index contributed by atoms with van der Waals surface area (Å²) in [6.45, 7) is 9.38. The van der Waals surface area contributed by atoms with Crippen LogP contribution in [0.25, 0.3) is 0 Å². The van der Waals surface area contributed by atoms with Crippen molar-refractivity contribution >= 4 is 5.91 Å². The number of amides is 1. The molecule has 4 heteroatoms. The van der Waals surface area contributed by atoms with Gasteiger partial charge in [0.2, 0.25) is 0 Å². The predicted molar refractivity (Wildman–Crippen MR) is 73.0 cm³/mol. The van der Waals surface area contributed by atoms with Gasteiger partial charge in [-0.3, -0.25) is 4.79 Å². The number of aromatic hydroxyl groups is 1. The topological polar surface area (TPSA) is 52.6 Å². The molecular formula is C14H22N2O2. The Kier molecular flexibility index (Phi) is 5.65. The van der Waals surface area contributed by atoms with Crippen LogP contribution in [0.5, 0.6) is 5.75 Å². The van der Waals surface area contributed by atoms with Crippen molar-refractivity contribution in [2.75, 3.05) is 26.2 Å². The van der Waals surface area contributed by atoms with Crippen LogP contribution in [0.15, 0.2) is 18.2 Å². The molecule has 1 rings (SSSR count). The fraction of sp³-hybridized carbons (Fsp3) is 0.500. The smallest absolute Gasteiger partial charge is 0.251 e. The van der Waals surface area contributed by atoms with Crippen LogP contribution in [-0.4, -0.2) is 42.1 Å². The van der Waals surface area contributed by atoms with E-state index < -0.39 is 0 Å². The van der Waals surface area contributed by atoms with Gasteiger partial charge < -0.3 is 15.3 Å². The van der Waals surface area contributed by atoms with Gasteiger partial charge in [-0.15, -0.1) is 0 Å². The Morgan fingerprint density at radius 1 is 1.33 bits per heavy atom. The number of rotatable bonds is 6. The minimum atomic E-state index is -0.129. The quantitative estimate of drug-likeness (QED) is 0.809. The largest absolute Gasteiger partial charge is 0.508 e. The average molecular weight is 250 g/mol. The zero-order valence-electron chi connectivity index (χ0n) is 11.4. The van der Waals surface area contributed by atoms with Crippen molar-refractivity contribution in [2.24, 2.45) is 0 Å². The van der Waals surface area contributed by atoms with Gasteiger partial charge in [0.1, 0.15) is 5.75 Å². The van der Waals surface area contributed by atoms with Gasteiger partial charge in [-0.25, -0.2) is 0 Å². The molecule has 0 aromatic heterocycles. The minimum Gasteiger partial charge on any atom is -0.508 e. The first kappa shape index (κ1) is 14.5. The van der Waals surface area contributed by atoms with Gasteiger partial charge in [-0.2, -0.15) is 0 Å². The first-order valence-corrected chi connectivity index (χ1v) is 6.39. The molecule has 0 bridgehead atoms. The summed E-state index contributed by atoms with van der Waals surface area (Å²) in [6.07, 6.45) is 0. The number of carbonyl (C=O) groups excluding carboxylic acids is 1. The maximum absolute atomic E-state index is 11.9. The van der Waals surface area contributed by atoms with Gasteiger partial charge in [0.05, 0.1) is 0 Å². The van der Waals surface area contributed by atoms with Crippen LogP contribution in [0, 0.1) is 6.92 Å². The molecule has 2 N–H and O–H groups in total. The Hall–Kier alpha value is -1.55. The molecule has 0 aliphatic heterocycles. The highest BCUT2D eigenvalue weighted by molar-refractivity contribution is 5.96. The molecule has 0 aliphatic carbocycles. The summed E-state index contributed by atoms with van der Waals surface area (Å²) in [5.74, 6) is 0.0296. The zero-order chi connectivity index (χ0) is 13.5. The molecule has 0 saturated carbocycles. The third-order valence-corrected chi connectivity index (χ3v) is 3.16. The molecule has 4 nitrogen and oxygen atoms in total. The lowest BCUT2D eigenvalue weighted by atomic mass is 10.1. The lowest BCUT2D eigenvalue weighted by Gasteiger charge is -2.18. The number of hydrogen-bond acceptors (Lipinski definition) is 3. The fourth-order valence-corrected chi connectivity index (χ4v) is 1.83. The van der Waals surface area contributed by atoms with Crippen molar-refractivity contribution in [1.82, 2.24) is 10.2 Å². The third kappa shape index (κ3) is 3.74. The molecule has 0 heterocycles. The van der Waals surface area contributed by atoms with E-state index in [1.54, 1.807) is 25.1 Å². The van der Waals surface area contributed by atoms with Crippen molar-refractivity contribution < 1.29 is 9.90 Å². The molecule has 0 fully saturated rings. The monoisotopic (exact) mass is 250 g/mol. The van der Waals surface area contributed by atoms with Crippen LogP contribution in [0.3, 0.4) is 0 Å². The van der Waals surface area contributed by atoms with E-state index in [4.69, 9.17) is 0 Å². The molecule has 1 aromatic carbocycles. The molecular weight excluding hydrogens is 228 g/mol. The Morgan fingerprint density at radius 3 is 2.61 bits per heavy atom. The number of nitrogens with zero attached hydrogens (tertiary/aromatic N) is 1. The van der Waals surface area contributed by atoms with E-state index in [9.17, 15) is 9.90 Å². The van der Waals surface area contributed by atoms with Gasteiger partial charge in [0.15, 0.2) is 0 Å². The predicted octanol–water partition coefficient (Wildman–Crippen LogP) is 1.77. The Morgan fingerprint density at radius 2 is 2.00 bits per heavy atom. The molecule has 0 unspecified atom stereocenters. The third-order valence-electron chi connectivity index (χ3n) is 3.16. The first-order valence-electron chi connectivity index (χ1n) is 6.39. The molecule has 0 saturated heterocycles. The highest BCUT2D eigenvalue weighted by Crippen LogP contribution is 2.19. The van der Waals surface area contributed by atoms with Gasteiger partial charge in [0, 0.05) is 24.2 Å². The maximum Gasteiger partial charge on any atom is 0.251 e. The van der Waals surface area contributed by atoms with Gasteiger partial charge >= 0.3 is 0 Å². The van der Waals surface area contributed by atoms with Crippen LogP contribution >= 0.6 is 0 Å². The Balaban J connectivity index is 2.53. The maximum atomic E-state index is 11.9. The Bertz CT molecular complexity index is 401. The lowest BCUT2D eigenvalue weighted by Crippen LogP contribution is -2.35. The van der Waals surface area contributed by atoms with Crippen LogP contribution in [-0.2, 0) is 0 Å². The molecule has 100 valence electrons. The van der Waals surface area contributed by atoms with Gasteiger partial charge in [0.25, 0.3) is 5.91 Å². The SMILES string of the molecule is CCN(CC)CCNC(=O)c1cccc(O)c1C. The second-order valence-electron chi connectivity index (χ2n) is 4.23. The number of nitrogens with one attached hydrogen (secondary N) is 1. The number of likely N-dealkylation sites (N-methyl/N-ethyl adjacent to an activating group) is 1. The van der Waals surface area contributed by atoms with Crippen LogP contribution in [0.2, 0.25) is 0 Å².